The SMILES string of the molecule is C=CCN(C(=O)c1csnn1)[C@@H](C(=O)NCc1ccc(F)cc1)c1cccs1. The summed E-state index contributed by atoms with van der Waals surface area (Å²) in [6.45, 7) is 4.09. The van der Waals surface area contributed by atoms with Crippen molar-refractivity contribution < 1.29 is 14.0 Å². The highest BCUT2D eigenvalue weighted by Crippen LogP contribution is 2.27. The van der Waals surface area contributed by atoms with Gasteiger partial charge in [-0.25, -0.2) is 4.39 Å². The number of halogens is 1. The standard InChI is InChI=1S/C19H17FN4O2S2/c1-2-9-24(19(26)15-12-28-23-22-15)17(16-4-3-10-27-16)18(25)21-11-13-5-7-14(20)8-6-13/h2-8,10,12,17H,1,9,11H2,(H,21,25)/t17-/m1/s1. The van der Waals surface area contributed by atoms with E-state index in [1.54, 1.807) is 29.7 Å². The van der Waals surface area contributed by atoms with Gasteiger partial charge < -0.3 is 10.2 Å². The Morgan fingerprint density at radius 2 is 2.07 bits per heavy atom. The Balaban J connectivity index is 1.84. The van der Waals surface area contributed by atoms with Crippen LogP contribution in [0, 0.1) is 5.82 Å². The number of aromatic nitrogens is 2. The molecular formula is C19H17FN4O2S2. The molecule has 3 rings (SSSR count). The van der Waals surface area contributed by atoms with Gasteiger partial charge >= 0.3 is 0 Å². The molecule has 0 saturated heterocycles. The van der Waals surface area contributed by atoms with E-state index < -0.39 is 11.9 Å². The van der Waals surface area contributed by atoms with Gasteiger partial charge in [-0.3, -0.25) is 9.59 Å². The molecule has 2 amide bonds. The van der Waals surface area contributed by atoms with Crippen molar-refractivity contribution in [3.8, 4) is 0 Å². The van der Waals surface area contributed by atoms with Crippen molar-refractivity contribution in [3.05, 3.63) is 81.8 Å². The Morgan fingerprint density at radius 1 is 1.29 bits per heavy atom. The first kappa shape index (κ1) is 19.8. The maximum absolute atomic E-state index is 13.1. The quantitative estimate of drug-likeness (QED) is 0.571. The molecule has 0 bridgehead atoms. The smallest absolute Gasteiger partial charge is 0.276 e. The number of amides is 2. The molecule has 0 aliphatic rings. The van der Waals surface area contributed by atoms with E-state index >= 15 is 0 Å². The number of rotatable bonds is 8. The molecule has 2 aromatic heterocycles. The van der Waals surface area contributed by atoms with Gasteiger partial charge in [0.15, 0.2) is 5.69 Å². The molecule has 0 spiro atoms. The maximum atomic E-state index is 13.1. The fraction of sp³-hybridized carbons (Fsp3) is 0.158. The van der Waals surface area contributed by atoms with Crippen molar-refractivity contribution in [3.63, 3.8) is 0 Å². The van der Waals surface area contributed by atoms with Crippen molar-refractivity contribution in [1.29, 1.82) is 0 Å². The Bertz CT molecular complexity index is 928. The summed E-state index contributed by atoms with van der Waals surface area (Å²) in [5, 5.41) is 10.0. The van der Waals surface area contributed by atoms with Crippen LogP contribution in [-0.2, 0) is 11.3 Å². The van der Waals surface area contributed by atoms with Crippen LogP contribution in [-0.4, -0.2) is 32.8 Å². The lowest BCUT2D eigenvalue weighted by molar-refractivity contribution is -0.125. The minimum atomic E-state index is -0.840. The number of benzene rings is 1. The molecule has 9 heteroatoms. The molecule has 6 nitrogen and oxygen atoms in total. The summed E-state index contributed by atoms with van der Waals surface area (Å²) in [7, 11) is 0. The second-order valence-corrected chi connectivity index (χ2v) is 7.39. The number of hydrogen-bond acceptors (Lipinski definition) is 6. The van der Waals surface area contributed by atoms with E-state index in [4.69, 9.17) is 0 Å². The molecular weight excluding hydrogens is 399 g/mol. The molecule has 28 heavy (non-hydrogen) atoms. The monoisotopic (exact) mass is 416 g/mol. The van der Waals surface area contributed by atoms with Gasteiger partial charge in [0.05, 0.1) is 0 Å². The third-order valence-corrected chi connectivity index (χ3v) is 5.35. The van der Waals surface area contributed by atoms with Crippen LogP contribution < -0.4 is 5.32 Å². The summed E-state index contributed by atoms with van der Waals surface area (Å²) < 4.78 is 16.8. The molecule has 0 unspecified atom stereocenters. The largest absolute Gasteiger partial charge is 0.350 e. The predicted octanol–water partition coefficient (Wildman–Crippen LogP) is 3.42. The molecule has 0 saturated carbocycles. The first-order valence-corrected chi connectivity index (χ1v) is 10.1. The van der Waals surface area contributed by atoms with Gasteiger partial charge in [0.2, 0.25) is 5.91 Å². The third-order valence-electron chi connectivity index (χ3n) is 3.92. The lowest BCUT2D eigenvalue weighted by Gasteiger charge is -2.28. The Morgan fingerprint density at radius 3 is 2.68 bits per heavy atom. The van der Waals surface area contributed by atoms with Crippen LogP contribution >= 0.6 is 22.9 Å². The van der Waals surface area contributed by atoms with Gasteiger partial charge in [0.1, 0.15) is 11.9 Å². The van der Waals surface area contributed by atoms with E-state index in [-0.39, 0.29) is 30.5 Å². The van der Waals surface area contributed by atoms with Crippen LogP contribution in [0.5, 0.6) is 0 Å². The normalized spacial score (nSPS) is 11.6. The summed E-state index contributed by atoms with van der Waals surface area (Å²) in [4.78, 5) is 28.1. The van der Waals surface area contributed by atoms with E-state index in [1.807, 2.05) is 11.4 Å². The second-order valence-electron chi connectivity index (χ2n) is 5.80. The van der Waals surface area contributed by atoms with Gasteiger partial charge in [-0.1, -0.05) is 28.8 Å². The van der Waals surface area contributed by atoms with Gasteiger partial charge in [-0.05, 0) is 40.7 Å². The van der Waals surface area contributed by atoms with Crippen molar-refractivity contribution in [1.82, 2.24) is 19.8 Å². The summed E-state index contributed by atoms with van der Waals surface area (Å²) in [5.41, 5.74) is 0.935. The van der Waals surface area contributed by atoms with E-state index in [0.29, 0.717) is 0 Å². The highest BCUT2D eigenvalue weighted by atomic mass is 32.1. The van der Waals surface area contributed by atoms with Crippen LogP contribution in [0.3, 0.4) is 0 Å². The Kier molecular flexibility index (Phi) is 6.62. The number of hydrogen-bond donors (Lipinski definition) is 1. The van der Waals surface area contributed by atoms with Crippen LogP contribution in [0.15, 0.2) is 59.8 Å². The van der Waals surface area contributed by atoms with E-state index in [1.165, 1.54) is 28.4 Å². The van der Waals surface area contributed by atoms with Gasteiger partial charge in [0, 0.05) is 23.3 Å². The van der Waals surface area contributed by atoms with Crippen molar-refractivity contribution >= 4 is 34.7 Å². The zero-order valence-electron chi connectivity index (χ0n) is 14.7. The average molecular weight is 417 g/mol. The summed E-state index contributed by atoms with van der Waals surface area (Å²) in [6.07, 6.45) is 1.56. The third kappa shape index (κ3) is 4.68. The zero-order chi connectivity index (χ0) is 19.9. The second kappa shape index (κ2) is 9.34. The van der Waals surface area contributed by atoms with E-state index in [0.717, 1.165) is 22.0 Å². The average Bonchev–Trinajstić information content (AvgIpc) is 3.41. The van der Waals surface area contributed by atoms with Gasteiger partial charge in [-0.2, -0.15) is 0 Å². The van der Waals surface area contributed by atoms with E-state index in [2.05, 4.69) is 21.5 Å². The molecule has 1 N–H and O–H groups in total. The molecule has 0 aliphatic heterocycles. The highest BCUT2D eigenvalue weighted by molar-refractivity contribution is 7.10. The number of carbonyl (C=O) groups excluding carboxylic acids is 2. The maximum Gasteiger partial charge on any atom is 0.276 e. The van der Waals surface area contributed by atoms with Crippen LogP contribution in [0.25, 0.3) is 0 Å². The Labute approximate surface area is 169 Å². The molecule has 0 radical (unpaired) electrons. The summed E-state index contributed by atoms with van der Waals surface area (Å²) >= 11 is 2.45. The fourth-order valence-electron chi connectivity index (χ4n) is 2.61. The van der Waals surface area contributed by atoms with E-state index in [9.17, 15) is 14.0 Å². The van der Waals surface area contributed by atoms with Crippen molar-refractivity contribution in [2.24, 2.45) is 0 Å². The number of carbonyl (C=O) groups is 2. The minimum absolute atomic E-state index is 0.170. The molecule has 144 valence electrons. The topological polar surface area (TPSA) is 75.2 Å². The number of thiophene rings is 1. The zero-order valence-corrected chi connectivity index (χ0v) is 16.4. The van der Waals surface area contributed by atoms with Crippen LogP contribution in [0.4, 0.5) is 4.39 Å². The first-order valence-electron chi connectivity index (χ1n) is 8.34. The number of nitrogens with zero attached hydrogens (tertiary/aromatic N) is 3. The molecule has 1 atom stereocenters. The fourth-order valence-corrected chi connectivity index (χ4v) is 3.87. The van der Waals surface area contributed by atoms with Crippen LogP contribution in [0.2, 0.25) is 0 Å². The number of nitrogens with one attached hydrogen (secondary N) is 1. The predicted molar refractivity (Wildman–Crippen MR) is 106 cm³/mol. The molecule has 2 heterocycles. The Hall–Kier alpha value is -2.91. The molecule has 3 aromatic rings. The lowest BCUT2D eigenvalue weighted by atomic mass is 10.1. The first-order chi connectivity index (χ1) is 13.6. The summed E-state index contributed by atoms with van der Waals surface area (Å²) in [5.74, 6) is -1.08. The molecule has 0 fully saturated rings. The summed E-state index contributed by atoms with van der Waals surface area (Å²) in [6, 6.07) is 8.65. The molecule has 1 aromatic carbocycles. The van der Waals surface area contributed by atoms with Gasteiger partial charge in [-0.15, -0.1) is 23.0 Å². The lowest BCUT2D eigenvalue weighted by Crippen LogP contribution is -2.43. The van der Waals surface area contributed by atoms with Crippen LogP contribution in [0.1, 0.15) is 27.0 Å². The molecule has 0 aliphatic carbocycles. The van der Waals surface area contributed by atoms with Crippen molar-refractivity contribution in [2.45, 2.75) is 12.6 Å². The van der Waals surface area contributed by atoms with Crippen molar-refractivity contribution in [2.75, 3.05) is 6.54 Å². The van der Waals surface area contributed by atoms with Gasteiger partial charge in [0.25, 0.3) is 5.91 Å². The highest BCUT2D eigenvalue weighted by Gasteiger charge is 2.33. The minimum Gasteiger partial charge on any atom is -0.350 e.